The molecule has 1 atom stereocenters. The molecule has 0 spiro atoms. The average Bonchev–Trinajstić information content (AvgIpc) is 3.78. The number of rotatable bonds is 4. The molecule has 0 fully saturated rings. The smallest absolute Gasteiger partial charge is 0.170 e. The zero-order valence-corrected chi connectivity index (χ0v) is 27.9. The third kappa shape index (κ3) is 4.49. The fourth-order valence-corrected chi connectivity index (χ4v) is 7.85. The van der Waals surface area contributed by atoms with Gasteiger partial charge in [0.15, 0.2) is 6.17 Å². The number of amidine groups is 2. The van der Waals surface area contributed by atoms with E-state index in [9.17, 15) is 0 Å². The van der Waals surface area contributed by atoms with E-state index in [-0.39, 0.29) is 0 Å². The van der Waals surface area contributed by atoms with Crippen molar-refractivity contribution in [1.82, 2.24) is 5.32 Å². The van der Waals surface area contributed by atoms with Gasteiger partial charge in [-0.1, -0.05) is 133 Å². The summed E-state index contributed by atoms with van der Waals surface area (Å²) in [6, 6.07) is 56.8. The summed E-state index contributed by atoms with van der Waals surface area (Å²) >= 11 is 0. The number of nitrogens with one attached hydrogen (secondary N) is 1. The third-order valence-electron chi connectivity index (χ3n) is 10.3. The van der Waals surface area contributed by atoms with Gasteiger partial charge in [-0.2, -0.15) is 0 Å². The molecule has 0 saturated carbocycles. The summed E-state index contributed by atoms with van der Waals surface area (Å²) in [5.74, 6) is 1.56. The first-order chi connectivity index (χ1) is 25.7. The standard InChI is InChI=1S/C47H29N3O2/c1-2-12-29(13-3-1)45-48-46(33-24-23-28-11-4-5-14-30(28)25-33)50-47(49-45)37-20-10-22-40-43(37)36-19-8-18-35(44(36)52-40)34-17-9-21-39-42(34)38-26-31-15-6-7-16-32(31)27-41(38)51-39/h1-27,47H,(H,48,49,50). The number of benzene rings is 8. The van der Waals surface area contributed by atoms with Crippen LogP contribution in [0, 0.1) is 0 Å². The molecule has 2 aromatic heterocycles. The monoisotopic (exact) mass is 667 g/mol. The van der Waals surface area contributed by atoms with Crippen LogP contribution in [0.5, 0.6) is 0 Å². The van der Waals surface area contributed by atoms with Crippen LogP contribution in [0.2, 0.25) is 0 Å². The van der Waals surface area contributed by atoms with Crippen LogP contribution in [0.25, 0.3) is 76.5 Å². The molecule has 5 heteroatoms. The molecule has 0 saturated heterocycles. The van der Waals surface area contributed by atoms with E-state index in [0.29, 0.717) is 0 Å². The second-order valence-electron chi connectivity index (χ2n) is 13.4. The van der Waals surface area contributed by atoms with Crippen LogP contribution < -0.4 is 5.32 Å². The molecular weight excluding hydrogens is 639 g/mol. The van der Waals surface area contributed by atoms with Crippen molar-refractivity contribution in [3.05, 3.63) is 180 Å². The predicted molar refractivity (Wildman–Crippen MR) is 213 cm³/mol. The molecule has 8 aromatic carbocycles. The highest BCUT2D eigenvalue weighted by molar-refractivity contribution is 6.20. The molecule has 0 amide bonds. The van der Waals surface area contributed by atoms with E-state index >= 15 is 0 Å². The van der Waals surface area contributed by atoms with Gasteiger partial charge in [-0.15, -0.1) is 0 Å². The second-order valence-corrected chi connectivity index (χ2v) is 13.4. The summed E-state index contributed by atoms with van der Waals surface area (Å²) in [5, 5.41) is 12.5. The minimum Gasteiger partial charge on any atom is -0.456 e. The van der Waals surface area contributed by atoms with Crippen LogP contribution >= 0.6 is 0 Å². The van der Waals surface area contributed by atoms with Gasteiger partial charge in [0.2, 0.25) is 0 Å². The molecule has 0 radical (unpaired) electrons. The number of nitrogens with zero attached hydrogens (tertiary/aromatic N) is 2. The molecule has 244 valence electrons. The molecule has 5 nitrogen and oxygen atoms in total. The Morgan fingerprint density at radius 2 is 1.08 bits per heavy atom. The maximum absolute atomic E-state index is 6.81. The van der Waals surface area contributed by atoms with Crippen molar-refractivity contribution in [1.29, 1.82) is 0 Å². The number of para-hydroxylation sites is 1. The van der Waals surface area contributed by atoms with Gasteiger partial charge < -0.3 is 14.2 Å². The Labute approximate surface area is 298 Å². The molecule has 1 aliphatic heterocycles. The van der Waals surface area contributed by atoms with Crippen molar-refractivity contribution in [3.63, 3.8) is 0 Å². The third-order valence-corrected chi connectivity index (χ3v) is 10.3. The van der Waals surface area contributed by atoms with Crippen molar-refractivity contribution >= 4 is 77.1 Å². The first-order valence-corrected chi connectivity index (χ1v) is 17.5. The Morgan fingerprint density at radius 3 is 1.90 bits per heavy atom. The lowest BCUT2D eigenvalue weighted by atomic mass is 9.96. The molecule has 10 aromatic rings. The highest BCUT2D eigenvalue weighted by Gasteiger charge is 2.25. The van der Waals surface area contributed by atoms with Gasteiger partial charge in [-0.3, -0.25) is 0 Å². The van der Waals surface area contributed by atoms with E-state index in [4.69, 9.17) is 18.8 Å². The van der Waals surface area contributed by atoms with Gasteiger partial charge in [0.05, 0.1) is 0 Å². The van der Waals surface area contributed by atoms with Crippen LogP contribution in [0.1, 0.15) is 22.9 Å². The maximum atomic E-state index is 6.81. The van der Waals surface area contributed by atoms with E-state index in [1.807, 2.05) is 36.4 Å². The van der Waals surface area contributed by atoms with Crippen molar-refractivity contribution < 1.29 is 8.83 Å². The van der Waals surface area contributed by atoms with Gasteiger partial charge in [-0.25, -0.2) is 9.98 Å². The summed E-state index contributed by atoms with van der Waals surface area (Å²) < 4.78 is 13.2. The minimum atomic E-state index is -0.499. The lowest BCUT2D eigenvalue weighted by molar-refractivity contribution is 0.668. The second kappa shape index (κ2) is 11.3. The minimum absolute atomic E-state index is 0.499. The highest BCUT2D eigenvalue weighted by atomic mass is 16.3. The number of hydrogen-bond acceptors (Lipinski definition) is 5. The average molecular weight is 668 g/mol. The molecule has 1 N–H and O–H groups in total. The summed E-state index contributed by atoms with van der Waals surface area (Å²) in [6.07, 6.45) is -0.499. The van der Waals surface area contributed by atoms with Gasteiger partial charge in [0.1, 0.15) is 34.0 Å². The fourth-order valence-electron chi connectivity index (χ4n) is 7.85. The summed E-state index contributed by atoms with van der Waals surface area (Å²) in [7, 11) is 0. The Morgan fingerprint density at radius 1 is 0.423 bits per heavy atom. The fraction of sp³-hybridized carbons (Fsp3) is 0.0213. The number of hydrogen-bond donors (Lipinski definition) is 1. The molecule has 0 aliphatic carbocycles. The van der Waals surface area contributed by atoms with Crippen LogP contribution in [0.15, 0.2) is 183 Å². The Kier molecular flexibility index (Phi) is 6.25. The number of furan rings is 2. The van der Waals surface area contributed by atoms with E-state index < -0.39 is 6.17 Å². The Bertz CT molecular complexity index is 3110. The maximum Gasteiger partial charge on any atom is 0.170 e. The molecule has 1 aliphatic rings. The van der Waals surface area contributed by atoms with E-state index in [1.165, 1.54) is 10.8 Å². The highest BCUT2D eigenvalue weighted by Crippen LogP contribution is 2.44. The topological polar surface area (TPSA) is 63.0 Å². The lowest BCUT2D eigenvalue weighted by Crippen LogP contribution is -2.36. The zero-order chi connectivity index (χ0) is 34.2. The predicted octanol–water partition coefficient (Wildman–Crippen LogP) is 12.0. The SMILES string of the molecule is c1ccc(C2=NC(c3cccc4oc5c(-c6cccc7oc8cc9ccccc9cc8c67)cccc5c34)N=C(c3ccc4ccccc4c3)N2)cc1. The summed E-state index contributed by atoms with van der Waals surface area (Å²) in [5.41, 5.74) is 8.43. The van der Waals surface area contributed by atoms with Crippen LogP contribution in [-0.4, -0.2) is 11.7 Å². The normalized spacial score (nSPS) is 14.7. The zero-order valence-electron chi connectivity index (χ0n) is 27.9. The van der Waals surface area contributed by atoms with Crippen molar-refractivity contribution in [2.75, 3.05) is 0 Å². The first kappa shape index (κ1) is 28.8. The van der Waals surface area contributed by atoms with E-state index in [2.05, 4.69) is 133 Å². The van der Waals surface area contributed by atoms with Gasteiger partial charge in [0.25, 0.3) is 0 Å². The van der Waals surface area contributed by atoms with Crippen molar-refractivity contribution in [3.8, 4) is 11.1 Å². The lowest BCUT2D eigenvalue weighted by Gasteiger charge is -2.23. The van der Waals surface area contributed by atoms with Crippen molar-refractivity contribution in [2.45, 2.75) is 6.17 Å². The van der Waals surface area contributed by atoms with Gasteiger partial charge >= 0.3 is 0 Å². The van der Waals surface area contributed by atoms with E-state index in [0.717, 1.165) is 94.1 Å². The van der Waals surface area contributed by atoms with Crippen LogP contribution in [0.4, 0.5) is 0 Å². The molecular formula is C47H29N3O2. The Balaban J connectivity index is 1.11. The van der Waals surface area contributed by atoms with Gasteiger partial charge in [0, 0.05) is 43.8 Å². The van der Waals surface area contributed by atoms with Gasteiger partial charge in [-0.05, 0) is 57.4 Å². The molecule has 3 heterocycles. The number of fused-ring (bicyclic) bond motifs is 8. The summed E-state index contributed by atoms with van der Waals surface area (Å²) in [6.45, 7) is 0. The number of aliphatic imine (C=N–C) groups is 2. The quantitative estimate of drug-likeness (QED) is 0.203. The molecule has 52 heavy (non-hydrogen) atoms. The van der Waals surface area contributed by atoms with E-state index in [1.54, 1.807) is 0 Å². The van der Waals surface area contributed by atoms with Crippen molar-refractivity contribution in [2.24, 2.45) is 9.98 Å². The largest absolute Gasteiger partial charge is 0.456 e. The van der Waals surface area contributed by atoms with Crippen LogP contribution in [-0.2, 0) is 0 Å². The molecule has 11 rings (SSSR count). The summed E-state index contributed by atoms with van der Waals surface area (Å²) in [4.78, 5) is 10.5. The molecule has 0 bridgehead atoms. The first-order valence-electron chi connectivity index (χ1n) is 17.5. The molecule has 1 unspecified atom stereocenters. The van der Waals surface area contributed by atoms with Crippen LogP contribution in [0.3, 0.4) is 0 Å². The Hall–Kier alpha value is -6.98.